The van der Waals surface area contributed by atoms with Crippen LogP contribution in [0.3, 0.4) is 0 Å². The second kappa shape index (κ2) is 9.39. The van der Waals surface area contributed by atoms with Gasteiger partial charge in [0.15, 0.2) is 0 Å². The van der Waals surface area contributed by atoms with Gasteiger partial charge in [-0.3, -0.25) is 4.79 Å². The van der Waals surface area contributed by atoms with Crippen molar-refractivity contribution in [3.05, 3.63) is 59.7 Å². The van der Waals surface area contributed by atoms with Crippen LogP contribution in [0.2, 0.25) is 0 Å². The van der Waals surface area contributed by atoms with Crippen molar-refractivity contribution in [2.45, 2.75) is 36.8 Å². The highest BCUT2D eigenvalue weighted by Gasteiger charge is 2.23. The van der Waals surface area contributed by atoms with E-state index >= 15 is 0 Å². The van der Waals surface area contributed by atoms with E-state index in [0.717, 1.165) is 36.3 Å². The van der Waals surface area contributed by atoms with Gasteiger partial charge in [0.1, 0.15) is 5.75 Å². The summed E-state index contributed by atoms with van der Waals surface area (Å²) >= 11 is 0. The Labute approximate surface area is 171 Å². The molecule has 0 bridgehead atoms. The number of sulfonamides is 1. The zero-order valence-electron chi connectivity index (χ0n) is 16.4. The third-order valence-corrected chi connectivity index (χ3v) is 5.84. The normalized spacial score (nSPS) is 16.6. The summed E-state index contributed by atoms with van der Waals surface area (Å²) in [6, 6.07) is 13.7. The molecule has 1 aliphatic heterocycles. The average Bonchev–Trinajstić information content (AvgIpc) is 3.20. The van der Waals surface area contributed by atoms with Crippen molar-refractivity contribution < 1.29 is 22.7 Å². The molecule has 0 spiro atoms. The number of ether oxygens (including phenoxy) is 2. The van der Waals surface area contributed by atoms with Crippen LogP contribution in [0.25, 0.3) is 0 Å². The summed E-state index contributed by atoms with van der Waals surface area (Å²) in [5.74, 6) is 0.692. The molecule has 1 amide bonds. The fourth-order valence-electron chi connectivity index (χ4n) is 3.36. The summed E-state index contributed by atoms with van der Waals surface area (Å²) in [6.45, 7) is 1.69. The molecule has 1 heterocycles. The van der Waals surface area contributed by atoms with Crippen LogP contribution < -0.4 is 9.88 Å². The van der Waals surface area contributed by atoms with Crippen molar-refractivity contribution in [2.24, 2.45) is 5.14 Å². The van der Waals surface area contributed by atoms with Gasteiger partial charge in [-0.25, -0.2) is 13.6 Å². The summed E-state index contributed by atoms with van der Waals surface area (Å²) in [5.41, 5.74) is 1.70. The number of amides is 1. The number of primary sulfonamides is 1. The van der Waals surface area contributed by atoms with Crippen LogP contribution in [-0.4, -0.2) is 45.6 Å². The Morgan fingerprint density at radius 1 is 1.21 bits per heavy atom. The van der Waals surface area contributed by atoms with Crippen LogP contribution in [-0.2, 0) is 32.5 Å². The van der Waals surface area contributed by atoms with Crippen LogP contribution in [0.5, 0.6) is 5.75 Å². The highest BCUT2D eigenvalue weighted by molar-refractivity contribution is 7.89. The van der Waals surface area contributed by atoms with Gasteiger partial charge >= 0.3 is 0 Å². The standard InChI is InChI=1S/C21H26N2O5S/c1-27-18-5-2-4-17(12-18)14-23(15-19-6-3-11-28-19)21(24)13-16-7-9-20(10-8-16)29(22,25)26/h2,4-5,7-10,12,19H,3,6,11,13-15H2,1H3,(H2,22,25,26). The smallest absolute Gasteiger partial charge is 0.238 e. The number of hydrogen-bond acceptors (Lipinski definition) is 5. The first-order valence-corrected chi connectivity index (χ1v) is 11.0. The second-order valence-corrected chi connectivity index (χ2v) is 8.69. The van der Waals surface area contributed by atoms with Crippen LogP contribution in [0, 0.1) is 0 Å². The summed E-state index contributed by atoms with van der Waals surface area (Å²) in [5, 5.41) is 5.13. The lowest BCUT2D eigenvalue weighted by atomic mass is 10.1. The SMILES string of the molecule is COc1cccc(CN(CC2CCCO2)C(=O)Cc2ccc(S(N)(=O)=O)cc2)c1. The first-order valence-electron chi connectivity index (χ1n) is 9.49. The molecule has 29 heavy (non-hydrogen) atoms. The number of nitrogens with two attached hydrogens (primary N) is 1. The molecule has 0 radical (unpaired) electrons. The lowest BCUT2D eigenvalue weighted by Gasteiger charge is -2.26. The largest absolute Gasteiger partial charge is 0.497 e. The predicted molar refractivity (Wildman–Crippen MR) is 109 cm³/mol. The van der Waals surface area contributed by atoms with Gasteiger partial charge in [-0.2, -0.15) is 0 Å². The Hall–Kier alpha value is -2.42. The molecular weight excluding hydrogens is 392 g/mol. The Morgan fingerprint density at radius 2 is 1.97 bits per heavy atom. The quantitative estimate of drug-likeness (QED) is 0.708. The number of benzene rings is 2. The van der Waals surface area contributed by atoms with Gasteiger partial charge in [-0.05, 0) is 48.2 Å². The number of nitrogens with zero attached hydrogens (tertiary/aromatic N) is 1. The summed E-state index contributed by atoms with van der Waals surface area (Å²) < 4.78 is 33.8. The molecule has 1 fully saturated rings. The third-order valence-electron chi connectivity index (χ3n) is 4.92. The zero-order chi connectivity index (χ0) is 20.9. The first kappa shape index (κ1) is 21.3. The van der Waals surface area contributed by atoms with Gasteiger partial charge < -0.3 is 14.4 Å². The Bertz CT molecular complexity index is 938. The first-order chi connectivity index (χ1) is 13.8. The van der Waals surface area contributed by atoms with Gasteiger partial charge in [0.25, 0.3) is 0 Å². The van der Waals surface area contributed by atoms with Crippen molar-refractivity contribution in [3.63, 3.8) is 0 Å². The summed E-state index contributed by atoms with van der Waals surface area (Å²) in [7, 11) is -2.14. The van der Waals surface area contributed by atoms with E-state index in [0.29, 0.717) is 13.1 Å². The molecular formula is C21H26N2O5S. The van der Waals surface area contributed by atoms with Gasteiger partial charge in [0, 0.05) is 19.7 Å². The molecule has 0 aliphatic carbocycles. The molecule has 1 saturated heterocycles. The maximum Gasteiger partial charge on any atom is 0.238 e. The van der Waals surface area contributed by atoms with Crippen LogP contribution in [0.1, 0.15) is 24.0 Å². The van der Waals surface area contributed by atoms with E-state index in [1.807, 2.05) is 24.3 Å². The van der Waals surface area contributed by atoms with Crippen LogP contribution in [0.15, 0.2) is 53.4 Å². The van der Waals surface area contributed by atoms with Crippen molar-refractivity contribution >= 4 is 15.9 Å². The third kappa shape index (κ3) is 6.03. The minimum atomic E-state index is -3.75. The molecule has 0 saturated carbocycles. The maximum absolute atomic E-state index is 13.0. The number of hydrogen-bond donors (Lipinski definition) is 1. The fraction of sp³-hybridized carbons (Fsp3) is 0.381. The number of methoxy groups -OCH3 is 1. The number of carbonyl (C=O) groups excluding carboxylic acids is 1. The molecule has 7 nitrogen and oxygen atoms in total. The van der Waals surface area contributed by atoms with Crippen LogP contribution >= 0.6 is 0 Å². The van der Waals surface area contributed by atoms with Gasteiger partial charge in [-0.1, -0.05) is 24.3 Å². The van der Waals surface area contributed by atoms with E-state index in [1.54, 1.807) is 24.1 Å². The van der Waals surface area contributed by atoms with E-state index in [1.165, 1.54) is 12.1 Å². The molecule has 1 unspecified atom stereocenters. The monoisotopic (exact) mass is 418 g/mol. The Morgan fingerprint density at radius 3 is 2.59 bits per heavy atom. The number of rotatable bonds is 8. The topological polar surface area (TPSA) is 98.9 Å². The number of carbonyl (C=O) groups is 1. The van der Waals surface area contributed by atoms with E-state index in [4.69, 9.17) is 14.6 Å². The van der Waals surface area contributed by atoms with Gasteiger partial charge in [0.2, 0.25) is 15.9 Å². The van der Waals surface area contributed by atoms with Gasteiger partial charge in [0.05, 0.1) is 24.5 Å². The van der Waals surface area contributed by atoms with Crippen molar-refractivity contribution in [2.75, 3.05) is 20.3 Å². The fourth-order valence-corrected chi connectivity index (χ4v) is 3.88. The molecule has 2 aromatic carbocycles. The molecule has 156 valence electrons. The molecule has 1 aliphatic rings. The lowest BCUT2D eigenvalue weighted by molar-refractivity contribution is -0.132. The minimum absolute atomic E-state index is 0.0290. The Kier molecular flexibility index (Phi) is 6.89. The molecule has 2 aromatic rings. The predicted octanol–water partition coefficient (Wildman–Crippen LogP) is 2.09. The van der Waals surface area contributed by atoms with Crippen LogP contribution in [0.4, 0.5) is 0 Å². The zero-order valence-corrected chi connectivity index (χ0v) is 17.2. The summed E-state index contributed by atoms with van der Waals surface area (Å²) in [4.78, 5) is 14.9. The van der Waals surface area contributed by atoms with E-state index < -0.39 is 10.0 Å². The molecule has 3 rings (SSSR count). The molecule has 0 aromatic heterocycles. The highest BCUT2D eigenvalue weighted by atomic mass is 32.2. The van der Waals surface area contributed by atoms with Crippen molar-refractivity contribution in [1.29, 1.82) is 0 Å². The molecule has 1 atom stereocenters. The lowest BCUT2D eigenvalue weighted by Crippen LogP contribution is -2.37. The van der Waals surface area contributed by atoms with Crippen molar-refractivity contribution in [3.8, 4) is 5.75 Å². The van der Waals surface area contributed by atoms with E-state index in [2.05, 4.69) is 0 Å². The highest BCUT2D eigenvalue weighted by Crippen LogP contribution is 2.19. The Balaban J connectivity index is 1.74. The second-order valence-electron chi connectivity index (χ2n) is 7.13. The van der Waals surface area contributed by atoms with Crippen molar-refractivity contribution in [1.82, 2.24) is 4.90 Å². The minimum Gasteiger partial charge on any atom is -0.497 e. The van der Waals surface area contributed by atoms with E-state index in [9.17, 15) is 13.2 Å². The molecule has 2 N–H and O–H groups in total. The maximum atomic E-state index is 13.0. The van der Waals surface area contributed by atoms with E-state index in [-0.39, 0.29) is 23.3 Å². The van der Waals surface area contributed by atoms with Gasteiger partial charge in [-0.15, -0.1) is 0 Å². The summed E-state index contributed by atoms with van der Waals surface area (Å²) in [6.07, 6.45) is 2.14. The average molecular weight is 419 g/mol. The molecule has 8 heteroatoms.